The number of rotatable bonds is 1. The van der Waals surface area contributed by atoms with Crippen LogP contribution in [0.5, 0.6) is 0 Å². The quantitative estimate of drug-likeness (QED) is 0.442. The van der Waals surface area contributed by atoms with Crippen LogP contribution in [-0.4, -0.2) is 9.97 Å². The number of hydrogen-bond donors (Lipinski definition) is 2. The fourth-order valence-electron chi connectivity index (χ4n) is 3.93. The molecule has 2 heterocycles. The van der Waals surface area contributed by atoms with Gasteiger partial charge in [0.1, 0.15) is 0 Å². The molecular weight excluding hydrogens is 356 g/mol. The van der Waals surface area contributed by atoms with E-state index in [9.17, 15) is 19.2 Å². The van der Waals surface area contributed by atoms with Gasteiger partial charge >= 0.3 is 0 Å². The minimum atomic E-state index is -0.685. The van der Waals surface area contributed by atoms with Crippen LogP contribution in [0.25, 0.3) is 43.4 Å². The molecule has 0 saturated carbocycles. The predicted molar refractivity (Wildman–Crippen MR) is 108 cm³/mol. The first-order valence-electron chi connectivity index (χ1n) is 8.42. The summed E-state index contributed by atoms with van der Waals surface area (Å²) in [5.41, 5.74) is -0.514. The molecular formula is C22H10N2O4. The zero-order valence-corrected chi connectivity index (χ0v) is 14.3. The number of terminal acetylenes is 1. The highest BCUT2D eigenvalue weighted by Gasteiger charge is 2.23. The molecule has 0 atom stereocenters. The minimum absolute atomic E-state index is 0.0506. The normalized spacial score (nSPS) is 11.4. The van der Waals surface area contributed by atoms with Gasteiger partial charge in [0.15, 0.2) is 0 Å². The second kappa shape index (κ2) is 5.38. The largest absolute Gasteiger partial charge is 0.288 e. The van der Waals surface area contributed by atoms with E-state index in [-0.39, 0.29) is 21.5 Å². The molecule has 0 bridgehead atoms. The van der Waals surface area contributed by atoms with Crippen molar-refractivity contribution < 1.29 is 0 Å². The SMILES string of the molecule is C#Cc1cccc(-c2cccc3c2c2c(=O)[nH]c(=O)c2c2c(=O)[nH]c(=O)c32)c1. The molecule has 0 amide bonds. The van der Waals surface area contributed by atoms with Crippen LogP contribution in [-0.2, 0) is 0 Å². The van der Waals surface area contributed by atoms with Crippen LogP contribution in [0.1, 0.15) is 5.56 Å². The zero-order chi connectivity index (χ0) is 19.6. The van der Waals surface area contributed by atoms with Crippen molar-refractivity contribution >= 4 is 32.3 Å². The number of fused-ring (bicyclic) bond motifs is 6. The maximum absolute atomic E-state index is 12.6. The second-order valence-corrected chi connectivity index (χ2v) is 6.52. The maximum Gasteiger partial charge on any atom is 0.259 e. The standard InChI is InChI=1S/C22H10N2O4/c1-2-10-5-3-6-11(9-10)12-7-4-8-13-14(12)16-18(22(28)24-20(16)26)17-15(13)19(25)23-21(17)27/h1,3-9H,(H,23,25,27)(H,24,26,28). The molecule has 0 spiro atoms. The van der Waals surface area contributed by atoms with E-state index in [0.717, 1.165) is 5.56 Å². The number of hydrogen-bond acceptors (Lipinski definition) is 4. The summed E-state index contributed by atoms with van der Waals surface area (Å²) in [5.74, 6) is 2.57. The van der Waals surface area contributed by atoms with E-state index in [1.54, 1.807) is 36.4 Å². The van der Waals surface area contributed by atoms with Crippen LogP contribution in [0.15, 0.2) is 61.6 Å². The topological polar surface area (TPSA) is 99.9 Å². The van der Waals surface area contributed by atoms with Crippen LogP contribution in [0.3, 0.4) is 0 Å². The van der Waals surface area contributed by atoms with Gasteiger partial charge in [0, 0.05) is 10.9 Å². The van der Waals surface area contributed by atoms with Gasteiger partial charge < -0.3 is 0 Å². The first-order valence-corrected chi connectivity index (χ1v) is 8.42. The number of benzene rings is 3. The minimum Gasteiger partial charge on any atom is -0.288 e. The zero-order valence-electron chi connectivity index (χ0n) is 14.3. The highest BCUT2D eigenvalue weighted by Crippen LogP contribution is 2.36. The highest BCUT2D eigenvalue weighted by atomic mass is 16.2. The summed E-state index contributed by atoms with van der Waals surface area (Å²) in [5, 5.41) is 0.981. The van der Waals surface area contributed by atoms with Crippen molar-refractivity contribution in [2.75, 3.05) is 0 Å². The molecule has 5 aromatic rings. The third kappa shape index (κ3) is 1.93. The van der Waals surface area contributed by atoms with Crippen molar-refractivity contribution in [3.05, 3.63) is 89.4 Å². The summed E-state index contributed by atoms with van der Waals surface area (Å²) in [7, 11) is 0. The smallest absolute Gasteiger partial charge is 0.259 e. The fraction of sp³-hybridized carbons (Fsp3) is 0. The number of aromatic nitrogens is 2. The highest BCUT2D eigenvalue weighted by molar-refractivity contribution is 6.28. The summed E-state index contributed by atoms with van der Waals surface area (Å²) in [6.45, 7) is 0. The van der Waals surface area contributed by atoms with Gasteiger partial charge in [0.25, 0.3) is 22.2 Å². The van der Waals surface area contributed by atoms with Crippen molar-refractivity contribution in [3.63, 3.8) is 0 Å². The Bertz CT molecular complexity index is 1700. The summed E-state index contributed by atoms with van der Waals surface area (Å²) in [4.78, 5) is 54.3. The van der Waals surface area contributed by atoms with Crippen LogP contribution >= 0.6 is 0 Å². The lowest BCUT2D eigenvalue weighted by atomic mass is 9.92. The Labute approximate surface area is 155 Å². The van der Waals surface area contributed by atoms with E-state index in [1.165, 1.54) is 0 Å². The van der Waals surface area contributed by atoms with Crippen LogP contribution < -0.4 is 22.2 Å². The van der Waals surface area contributed by atoms with E-state index >= 15 is 0 Å². The van der Waals surface area contributed by atoms with E-state index in [0.29, 0.717) is 21.9 Å². The molecule has 0 aliphatic carbocycles. The Morgan fingerprint density at radius 3 is 1.93 bits per heavy atom. The van der Waals surface area contributed by atoms with E-state index in [4.69, 9.17) is 6.42 Å². The van der Waals surface area contributed by atoms with Gasteiger partial charge in [-0.25, -0.2) is 0 Å². The average Bonchev–Trinajstić information content (AvgIpc) is 3.16. The Morgan fingerprint density at radius 2 is 1.25 bits per heavy atom. The number of H-pyrrole nitrogens is 2. The average molecular weight is 366 g/mol. The van der Waals surface area contributed by atoms with Gasteiger partial charge in [-0.2, -0.15) is 0 Å². The molecule has 6 heteroatoms. The van der Waals surface area contributed by atoms with Crippen LogP contribution in [0.4, 0.5) is 0 Å². The molecule has 2 N–H and O–H groups in total. The van der Waals surface area contributed by atoms with E-state index in [1.807, 2.05) is 6.07 Å². The Morgan fingerprint density at radius 1 is 0.679 bits per heavy atom. The third-order valence-electron chi connectivity index (χ3n) is 5.04. The van der Waals surface area contributed by atoms with E-state index < -0.39 is 22.2 Å². The summed E-state index contributed by atoms with van der Waals surface area (Å²) < 4.78 is 0. The Hall–Kier alpha value is -4.24. The van der Waals surface area contributed by atoms with Gasteiger partial charge in [-0.15, -0.1) is 6.42 Å². The summed E-state index contributed by atoms with van der Waals surface area (Å²) >= 11 is 0. The number of nitrogens with one attached hydrogen (secondary N) is 2. The Kier molecular flexibility index (Phi) is 3.07. The van der Waals surface area contributed by atoms with Crippen LogP contribution in [0.2, 0.25) is 0 Å². The lowest BCUT2D eigenvalue weighted by molar-refractivity contribution is 1.26. The maximum atomic E-state index is 12.6. The fourth-order valence-corrected chi connectivity index (χ4v) is 3.93. The first-order chi connectivity index (χ1) is 13.5. The first kappa shape index (κ1) is 16.0. The van der Waals surface area contributed by atoms with Crippen molar-refractivity contribution in [2.24, 2.45) is 0 Å². The summed E-state index contributed by atoms with van der Waals surface area (Å²) in [6.07, 6.45) is 5.50. The van der Waals surface area contributed by atoms with E-state index in [2.05, 4.69) is 15.9 Å². The summed E-state index contributed by atoms with van der Waals surface area (Å²) in [6, 6.07) is 12.4. The van der Waals surface area contributed by atoms with Gasteiger partial charge in [-0.05, 0) is 28.6 Å². The lowest BCUT2D eigenvalue weighted by Crippen LogP contribution is -2.08. The molecule has 0 fully saturated rings. The van der Waals surface area contributed by atoms with Crippen molar-refractivity contribution in [2.45, 2.75) is 0 Å². The monoisotopic (exact) mass is 366 g/mol. The molecule has 0 aliphatic rings. The van der Waals surface area contributed by atoms with Crippen molar-refractivity contribution in [3.8, 4) is 23.5 Å². The van der Waals surface area contributed by atoms with Crippen molar-refractivity contribution in [1.29, 1.82) is 0 Å². The third-order valence-corrected chi connectivity index (χ3v) is 5.04. The molecule has 6 nitrogen and oxygen atoms in total. The molecule has 0 aliphatic heterocycles. The molecule has 28 heavy (non-hydrogen) atoms. The van der Waals surface area contributed by atoms with Gasteiger partial charge in [0.05, 0.1) is 21.5 Å². The molecule has 0 radical (unpaired) electrons. The van der Waals surface area contributed by atoms with Gasteiger partial charge in [0.2, 0.25) is 0 Å². The predicted octanol–water partition coefficient (Wildman–Crippen LogP) is 1.77. The molecule has 5 rings (SSSR count). The molecule has 132 valence electrons. The van der Waals surface area contributed by atoms with Gasteiger partial charge in [-0.1, -0.05) is 36.3 Å². The van der Waals surface area contributed by atoms with Gasteiger partial charge in [-0.3, -0.25) is 29.1 Å². The number of aromatic amines is 2. The molecule has 0 unspecified atom stereocenters. The molecule has 0 saturated heterocycles. The lowest BCUT2D eigenvalue weighted by Gasteiger charge is -2.09. The molecule has 3 aromatic carbocycles. The molecule has 2 aromatic heterocycles. The van der Waals surface area contributed by atoms with Crippen molar-refractivity contribution in [1.82, 2.24) is 9.97 Å². The Balaban J connectivity index is 2.16. The van der Waals surface area contributed by atoms with Crippen LogP contribution in [0, 0.1) is 12.3 Å². The second-order valence-electron chi connectivity index (χ2n) is 6.52.